The van der Waals surface area contributed by atoms with E-state index in [0.29, 0.717) is 18.0 Å². The first-order valence-corrected chi connectivity index (χ1v) is 6.64. The zero-order valence-corrected chi connectivity index (χ0v) is 12.4. The van der Waals surface area contributed by atoms with Crippen LogP contribution >= 0.6 is 0 Å². The average Bonchev–Trinajstić information content (AvgIpc) is 2.39. The van der Waals surface area contributed by atoms with Crippen LogP contribution in [-0.4, -0.2) is 41.9 Å². The summed E-state index contributed by atoms with van der Waals surface area (Å²) >= 11 is 0. The van der Waals surface area contributed by atoms with E-state index in [9.17, 15) is 9.90 Å². The maximum absolute atomic E-state index is 11.2. The summed E-state index contributed by atoms with van der Waals surface area (Å²) < 4.78 is 0. The topological polar surface area (TPSA) is 73.8 Å². The molecule has 0 bridgehead atoms. The average molecular weight is 281 g/mol. The van der Waals surface area contributed by atoms with Crippen molar-refractivity contribution < 1.29 is 14.7 Å². The van der Waals surface area contributed by atoms with Gasteiger partial charge in [-0.15, -0.1) is 5.06 Å². The van der Waals surface area contributed by atoms with Crippen LogP contribution in [-0.2, 0) is 0 Å². The molecule has 0 radical (unpaired) electrons. The molecule has 0 aliphatic carbocycles. The molecule has 0 spiro atoms. The molecule has 6 heteroatoms. The molecule has 0 heterocycles. The molecule has 0 aliphatic rings. The lowest BCUT2D eigenvalue weighted by atomic mass is 10.3. The predicted octanol–water partition coefficient (Wildman–Crippen LogP) is 1.82. The van der Waals surface area contributed by atoms with Gasteiger partial charge in [-0.1, -0.05) is 0 Å². The predicted molar refractivity (Wildman–Crippen MR) is 78.7 cm³/mol. The normalized spacial score (nSPS) is 12.3. The molecule has 3 N–H and O–H groups in total. The number of hydroxylamine groups is 2. The van der Waals surface area contributed by atoms with Crippen LogP contribution in [0.1, 0.15) is 20.8 Å². The lowest BCUT2D eigenvalue weighted by molar-refractivity contribution is -0.105. The highest BCUT2D eigenvalue weighted by Gasteiger charge is 2.14. The highest BCUT2D eigenvalue weighted by Crippen LogP contribution is 2.17. The molecule has 0 saturated carbocycles. The third-order valence-corrected chi connectivity index (χ3v) is 2.58. The number of urea groups is 1. The fraction of sp³-hybridized carbons (Fsp3) is 0.500. The summed E-state index contributed by atoms with van der Waals surface area (Å²) in [5, 5.41) is 16.3. The SMILES string of the molecule is CNC(=O)Nc1ccc(ON(CC(C)O)C(C)C)cc1. The summed E-state index contributed by atoms with van der Waals surface area (Å²) in [5.74, 6) is 0.654. The number of anilines is 1. The smallest absolute Gasteiger partial charge is 0.318 e. The Morgan fingerprint density at radius 3 is 2.35 bits per heavy atom. The molecule has 0 aliphatic heterocycles. The van der Waals surface area contributed by atoms with E-state index < -0.39 is 6.10 Å². The van der Waals surface area contributed by atoms with Crippen LogP contribution in [0.15, 0.2) is 24.3 Å². The molecular weight excluding hydrogens is 258 g/mol. The molecule has 1 rings (SSSR count). The number of carbonyl (C=O) groups excluding carboxylic acids is 1. The Morgan fingerprint density at radius 1 is 1.30 bits per heavy atom. The van der Waals surface area contributed by atoms with Gasteiger partial charge >= 0.3 is 6.03 Å². The second-order valence-electron chi connectivity index (χ2n) is 4.86. The van der Waals surface area contributed by atoms with Gasteiger partial charge in [0.05, 0.1) is 12.6 Å². The Labute approximate surface area is 119 Å². The van der Waals surface area contributed by atoms with E-state index in [1.165, 1.54) is 0 Å². The van der Waals surface area contributed by atoms with Crippen LogP contribution in [0, 0.1) is 0 Å². The molecule has 0 aromatic heterocycles. The first-order valence-electron chi connectivity index (χ1n) is 6.64. The molecule has 1 unspecified atom stereocenters. The number of nitrogens with one attached hydrogen (secondary N) is 2. The zero-order chi connectivity index (χ0) is 15.1. The lowest BCUT2D eigenvalue weighted by Gasteiger charge is -2.27. The first-order chi connectivity index (χ1) is 9.42. The number of hydrogen-bond donors (Lipinski definition) is 3. The van der Waals surface area contributed by atoms with Gasteiger partial charge in [0.1, 0.15) is 5.75 Å². The quantitative estimate of drug-likeness (QED) is 0.695. The summed E-state index contributed by atoms with van der Waals surface area (Å²) in [4.78, 5) is 16.9. The van der Waals surface area contributed by atoms with Gasteiger partial charge in [0.25, 0.3) is 0 Å². The van der Waals surface area contributed by atoms with E-state index in [1.54, 1.807) is 43.3 Å². The largest absolute Gasteiger partial charge is 0.406 e. The molecule has 6 nitrogen and oxygen atoms in total. The van der Waals surface area contributed by atoms with Crippen LogP contribution in [0.25, 0.3) is 0 Å². The van der Waals surface area contributed by atoms with Crippen molar-refractivity contribution in [1.29, 1.82) is 0 Å². The van der Waals surface area contributed by atoms with Crippen molar-refractivity contribution in [3.63, 3.8) is 0 Å². The fourth-order valence-electron chi connectivity index (χ4n) is 1.54. The Balaban J connectivity index is 2.65. The first kappa shape index (κ1) is 16.3. The van der Waals surface area contributed by atoms with Crippen molar-refractivity contribution >= 4 is 11.7 Å². The Hall–Kier alpha value is -1.79. The number of aliphatic hydroxyl groups is 1. The summed E-state index contributed by atoms with van der Waals surface area (Å²) in [5.41, 5.74) is 0.684. The van der Waals surface area contributed by atoms with E-state index in [-0.39, 0.29) is 12.1 Å². The van der Waals surface area contributed by atoms with Crippen LogP contribution in [0.5, 0.6) is 5.75 Å². The third-order valence-electron chi connectivity index (χ3n) is 2.58. The van der Waals surface area contributed by atoms with E-state index >= 15 is 0 Å². The van der Waals surface area contributed by atoms with Crippen LogP contribution in [0.3, 0.4) is 0 Å². The summed E-state index contributed by atoms with van der Waals surface area (Å²) in [6.07, 6.45) is -0.466. The van der Waals surface area contributed by atoms with Crippen molar-refractivity contribution in [3.8, 4) is 5.75 Å². The number of aliphatic hydroxyl groups excluding tert-OH is 1. The van der Waals surface area contributed by atoms with Gasteiger partial charge in [0.15, 0.2) is 0 Å². The van der Waals surface area contributed by atoms with E-state index in [4.69, 9.17) is 4.84 Å². The number of hydrogen-bond acceptors (Lipinski definition) is 4. The second kappa shape index (κ2) is 7.72. The van der Waals surface area contributed by atoms with E-state index in [1.807, 2.05) is 13.8 Å². The van der Waals surface area contributed by atoms with E-state index in [2.05, 4.69) is 10.6 Å². The minimum absolute atomic E-state index is 0.147. The van der Waals surface area contributed by atoms with Gasteiger partial charge in [-0.2, -0.15) is 0 Å². The Morgan fingerprint density at radius 2 is 1.90 bits per heavy atom. The Bertz CT molecular complexity index is 418. The molecule has 112 valence electrons. The second-order valence-corrected chi connectivity index (χ2v) is 4.86. The van der Waals surface area contributed by atoms with Crippen molar-refractivity contribution in [3.05, 3.63) is 24.3 Å². The lowest BCUT2D eigenvalue weighted by Crippen LogP contribution is -2.39. The van der Waals surface area contributed by atoms with E-state index in [0.717, 1.165) is 0 Å². The molecular formula is C14H23N3O3. The molecule has 1 aromatic carbocycles. The number of benzene rings is 1. The highest BCUT2D eigenvalue weighted by atomic mass is 16.7. The Kier molecular flexibility index (Phi) is 6.27. The van der Waals surface area contributed by atoms with Crippen molar-refractivity contribution in [2.24, 2.45) is 0 Å². The standard InChI is InChI=1S/C14H23N3O3/c1-10(2)17(9-11(3)18)20-13-7-5-12(6-8-13)16-14(19)15-4/h5-8,10-11,18H,9H2,1-4H3,(H2,15,16,19). The number of amides is 2. The van der Waals surface area contributed by atoms with Crippen molar-refractivity contribution in [2.45, 2.75) is 32.9 Å². The molecule has 0 fully saturated rings. The highest BCUT2D eigenvalue weighted by molar-refractivity contribution is 5.88. The van der Waals surface area contributed by atoms with Crippen LogP contribution in [0.2, 0.25) is 0 Å². The van der Waals surface area contributed by atoms with Crippen LogP contribution in [0.4, 0.5) is 10.5 Å². The molecule has 1 atom stereocenters. The molecule has 2 amide bonds. The molecule has 1 aromatic rings. The van der Waals surface area contributed by atoms with Gasteiger partial charge in [-0.25, -0.2) is 4.79 Å². The zero-order valence-electron chi connectivity index (χ0n) is 12.4. The summed E-state index contributed by atoms with van der Waals surface area (Å²) in [6, 6.07) is 6.92. The van der Waals surface area contributed by atoms with Crippen molar-refractivity contribution in [2.75, 3.05) is 18.9 Å². The number of rotatable bonds is 6. The minimum Gasteiger partial charge on any atom is -0.406 e. The van der Waals surface area contributed by atoms with Gasteiger partial charge in [0, 0.05) is 18.8 Å². The van der Waals surface area contributed by atoms with Gasteiger partial charge in [0.2, 0.25) is 0 Å². The number of nitrogens with zero attached hydrogens (tertiary/aromatic N) is 1. The summed E-state index contributed by atoms with van der Waals surface area (Å²) in [7, 11) is 1.56. The molecule has 0 saturated heterocycles. The maximum atomic E-state index is 11.2. The fourth-order valence-corrected chi connectivity index (χ4v) is 1.54. The monoisotopic (exact) mass is 281 g/mol. The van der Waals surface area contributed by atoms with Crippen LogP contribution < -0.4 is 15.5 Å². The number of carbonyl (C=O) groups is 1. The summed E-state index contributed by atoms with van der Waals surface area (Å²) in [6.45, 7) is 6.12. The van der Waals surface area contributed by atoms with Gasteiger partial charge in [-0.05, 0) is 45.0 Å². The van der Waals surface area contributed by atoms with Gasteiger partial charge < -0.3 is 20.6 Å². The minimum atomic E-state index is -0.466. The van der Waals surface area contributed by atoms with Crippen molar-refractivity contribution in [1.82, 2.24) is 10.4 Å². The third kappa shape index (κ3) is 5.46. The molecule has 20 heavy (non-hydrogen) atoms. The van der Waals surface area contributed by atoms with Gasteiger partial charge in [-0.3, -0.25) is 0 Å². The maximum Gasteiger partial charge on any atom is 0.318 e.